The molecule has 0 amide bonds. The fourth-order valence-corrected chi connectivity index (χ4v) is 4.99. The first-order valence-electron chi connectivity index (χ1n) is 17.1. The molecule has 1 unspecified atom stereocenters. The van der Waals surface area contributed by atoms with Gasteiger partial charge in [-0.15, -0.1) is 10.2 Å². The largest absolute Gasteiger partial charge is 0.494 e. The van der Waals surface area contributed by atoms with Crippen molar-refractivity contribution >= 4 is 40.1 Å². The van der Waals surface area contributed by atoms with E-state index in [1.54, 1.807) is 12.1 Å². The molecule has 0 spiro atoms. The second-order valence-electron chi connectivity index (χ2n) is 11.8. The van der Waals surface area contributed by atoms with E-state index in [2.05, 4.69) is 32.3 Å². The molecule has 0 fully saturated rings. The van der Waals surface area contributed by atoms with Crippen LogP contribution in [-0.2, 0) is 9.53 Å². The first kappa shape index (κ1) is 38.6. The Kier molecular flexibility index (Phi) is 16.7. The highest BCUT2D eigenvalue weighted by atomic mass is 16.6. The van der Waals surface area contributed by atoms with Crippen molar-refractivity contribution < 1.29 is 23.9 Å². The summed E-state index contributed by atoms with van der Waals surface area (Å²) >= 11 is 0. The lowest BCUT2D eigenvalue weighted by molar-refractivity contribution is -0.384. The van der Waals surface area contributed by atoms with E-state index < -0.39 is 4.92 Å². The lowest BCUT2D eigenvalue weighted by Gasteiger charge is -2.25. The Labute approximate surface area is 289 Å². The van der Waals surface area contributed by atoms with Crippen LogP contribution in [0.2, 0.25) is 0 Å². The zero-order valence-electron chi connectivity index (χ0n) is 29.5. The highest BCUT2D eigenvalue weighted by Gasteiger charge is 2.14. The highest BCUT2D eigenvalue weighted by molar-refractivity contribution is 5.72. The Balaban J connectivity index is 1.69. The van der Waals surface area contributed by atoms with E-state index in [1.807, 2.05) is 38.1 Å². The molecule has 0 saturated carbocycles. The number of hydrogen-bond acceptors (Lipinski definition) is 11. The Morgan fingerprint density at radius 2 is 1.27 bits per heavy atom. The molecule has 0 aromatic heterocycles. The van der Waals surface area contributed by atoms with Crippen LogP contribution in [0.3, 0.4) is 0 Å². The molecule has 49 heavy (non-hydrogen) atoms. The molecule has 0 aliphatic carbocycles. The molecule has 264 valence electrons. The molecule has 0 aliphatic rings. The number of methoxy groups -OCH3 is 2. The van der Waals surface area contributed by atoms with Gasteiger partial charge in [0.05, 0.1) is 43.0 Å². The summed E-state index contributed by atoms with van der Waals surface area (Å²) < 4.78 is 16.6. The third kappa shape index (κ3) is 12.9. The topological polar surface area (TPSA) is 141 Å². The van der Waals surface area contributed by atoms with Crippen LogP contribution in [0.4, 0.5) is 34.1 Å². The van der Waals surface area contributed by atoms with Gasteiger partial charge >= 0.3 is 5.97 Å². The first-order chi connectivity index (χ1) is 23.8. The van der Waals surface area contributed by atoms with Crippen LogP contribution in [0.5, 0.6) is 11.5 Å². The predicted molar refractivity (Wildman–Crippen MR) is 193 cm³/mol. The van der Waals surface area contributed by atoms with Crippen LogP contribution in [0, 0.1) is 16.0 Å². The number of carbonyl (C=O) groups is 1. The third-order valence-corrected chi connectivity index (χ3v) is 8.20. The predicted octanol–water partition coefficient (Wildman–Crippen LogP) is 11.0. The molecule has 12 nitrogen and oxygen atoms in total. The Bertz CT molecular complexity index is 1510. The monoisotopic (exact) mass is 674 g/mol. The molecule has 0 N–H and O–H groups in total. The summed E-state index contributed by atoms with van der Waals surface area (Å²) in [6.07, 6.45) is 10.7. The molecule has 3 aromatic rings. The van der Waals surface area contributed by atoms with E-state index in [0.29, 0.717) is 47.4 Å². The van der Waals surface area contributed by atoms with Crippen LogP contribution in [0.15, 0.2) is 81.1 Å². The number of anilines is 1. The van der Waals surface area contributed by atoms with Crippen molar-refractivity contribution in [2.75, 3.05) is 38.8 Å². The van der Waals surface area contributed by atoms with E-state index in [1.165, 1.54) is 83.4 Å². The number of carbonyl (C=O) groups excluding carboxylic acids is 1. The number of ether oxygens (including phenoxy) is 3. The minimum absolute atomic E-state index is 0.0292. The van der Waals surface area contributed by atoms with E-state index in [4.69, 9.17) is 14.2 Å². The zero-order chi connectivity index (χ0) is 35.4. The maximum Gasteiger partial charge on any atom is 0.308 e. The van der Waals surface area contributed by atoms with Gasteiger partial charge in [0, 0.05) is 36.5 Å². The van der Waals surface area contributed by atoms with Gasteiger partial charge in [-0.1, -0.05) is 65.7 Å². The van der Waals surface area contributed by atoms with Crippen molar-refractivity contribution in [3.63, 3.8) is 0 Å². The van der Waals surface area contributed by atoms with Gasteiger partial charge in [0.2, 0.25) is 0 Å². The second kappa shape index (κ2) is 21.2. The molecule has 0 radical (unpaired) electrons. The summed E-state index contributed by atoms with van der Waals surface area (Å²) in [4.78, 5) is 25.0. The van der Waals surface area contributed by atoms with E-state index in [9.17, 15) is 14.9 Å². The van der Waals surface area contributed by atoms with Gasteiger partial charge in [0.25, 0.3) is 5.69 Å². The van der Waals surface area contributed by atoms with Crippen molar-refractivity contribution in [2.45, 2.75) is 78.6 Å². The van der Waals surface area contributed by atoms with Crippen LogP contribution in [-0.4, -0.2) is 44.8 Å². The van der Waals surface area contributed by atoms with Gasteiger partial charge in [-0.05, 0) is 49.2 Å². The van der Waals surface area contributed by atoms with Gasteiger partial charge in [-0.25, -0.2) is 0 Å². The van der Waals surface area contributed by atoms with Crippen LogP contribution < -0.4 is 14.4 Å². The summed E-state index contributed by atoms with van der Waals surface area (Å²) in [5.74, 6) is 0.564. The van der Waals surface area contributed by atoms with Crippen molar-refractivity contribution in [3.05, 3.63) is 70.8 Å². The van der Waals surface area contributed by atoms with Gasteiger partial charge in [0.15, 0.2) is 0 Å². The molecule has 0 bridgehead atoms. The molecular formula is C37H50N6O6. The maximum absolute atomic E-state index is 12.2. The molecule has 0 saturated heterocycles. The summed E-state index contributed by atoms with van der Waals surface area (Å²) in [5.41, 5.74) is 2.94. The van der Waals surface area contributed by atoms with Gasteiger partial charge in [0.1, 0.15) is 29.5 Å². The number of esters is 1. The fourth-order valence-electron chi connectivity index (χ4n) is 4.99. The number of rotatable bonds is 22. The molecule has 0 heterocycles. The summed E-state index contributed by atoms with van der Waals surface area (Å²) in [6.45, 7) is 7.95. The standard InChI is InChI=1S/C37H50N6O6/c1-6-8-9-10-11-12-13-14-23-42(24-25-49-37(44)28(3)7-2)31-19-15-29(16-20-31)38-40-33-26-36(48-5)34(27-35(33)47-4)41-39-30-17-21-32(22-18-30)43(45)46/h15-22,26-28H,6-14,23-25H2,1-5H3. The second-order valence-corrected chi connectivity index (χ2v) is 11.8. The number of unbranched alkanes of at least 4 members (excludes halogenated alkanes) is 7. The van der Waals surface area contributed by atoms with E-state index in [0.717, 1.165) is 25.1 Å². The van der Waals surface area contributed by atoms with Crippen molar-refractivity contribution in [1.29, 1.82) is 0 Å². The molecule has 0 aliphatic heterocycles. The number of non-ortho nitro benzene ring substituents is 1. The first-order valence-corrected chi connectivity index (χ1v) is 17.1. The van der Waals surface area contributed by atoms with Gasteiger partial charge in [-0.2, -0.15) is 10.2 Å². The molecule has 3 rings (SSSR count). The lowest BCUT2D eigenvalue weighted by Crippen LogP contribution is -2.30. The summed E-state index contributed by atoms with van der Waals surface area (Å²) in [6, 6.07) is 16.9. The minimum atomic E-state index is -0.472. The van der Waals surface area contributed by atoms with E-state index >= 15 is 0 Å². The molecular weight excluding hydrogens is 624 g/mol. The van der Waals surface area contributed by atoms with Crippen LogP contribution >= 0.6 is 0 Å². The quantitative estimate of drug-likeness (QED) is 0.0339. The Hall–Kier alpha value is -4.87. The molecule has 1 atom stereocenters. The van der Waals surface area contributed by atoms with Gasteiger partial charge in [-0.3, -0.25) is 14.9 Å². The van der Waals surface area contributed by atoms with Crippen LogP contribution in [0.25, 0.3) is 0 Å². The maximum atomic E-state index is 12.2. The van der Waals surface area contributed by atoms with Crippen LogP contribution in [0.1, 0.15) is 78.6 Å². The Morgan fingerprint density at radius 3 is 1.76 bits per heavy atom. The molecule has 12 heteroatoms. The van der Waals surface area contributed by atoms with Crippen molar-refractivity contribution in [2.24, 2.45) is 26.4 Å². The minimum Gasteiger partial charge on any atom is -0.494 e. The van der Waals surface area contributed by atoms with Crippen molar-refractivity contribution in [3.8, 4) is 11.5 Å². The van der Waals surface area contributed by atoms with Crippen molar-refractivity contribution in [1.82, 2.24) is 0 Å². The zero-order valence-corrected chi connectivity index (χ0v) is 29.5. The highest BCUT2D eigenvalue weighted by Crippen LogP contribution is 2.41. The van der Waals surface area contributed by atoms with E-state index in [-0.39, 0.29) is 17.6 Å². The number of hydrogen-bond donors (Lipinski definition) is 0. The average Bonchev–Trinajstić information content (AvgIpc) is 3.13. The number of nitrogens with zero attached hydrogens (tertiary/aromatic N) is 6. The molecule has 3 aromatic carbocycles. The number of benzene rings is 3. The Morgan fingerprint density at radius 1 is 0.755 bits per heavy atom. The lowest BCUT2D eigenvalue weighted by atomic mass is 10.1. The number of nitro groups is 1. The number of azo groups is 2. The SMILES string of the molecule is CCCCCCCCCCN(CCOC(=O)C(C)CC)c1ccc(N=Nc2cc(OC)c(N=Nc3ccc([N+](=O)[O-])cc3)cc2OC)cc1. The fraction of sp³-hybridized carbons (Fsp3) is 0.486. The normalized spacial score (nSPS) is 11.9. The third-order valence-electron chi connectivity index (χ3n) is 8.20. The summed E-state index contributed by atoms with van der Waals surface area (Å²) in [7, 11) is 3.03. The summed E-state index contributed by atoms with van der Waals surface area (Å²) in [5, 5.41) is 28.2. The number of nitro benzene ring substituents is 1. The van der Waals surface area contributed by atoms with Gasteiger partial charge < -0.3 is 19.1 Å². The average molecular weight is 675 g/mol. The smallest absolute Gasteiger partial charge is 0.308 e.